The molecule has 1 aliphatic carbocycles. The molecule has 2 N–H and O–H groups in total. The SMILES string of the molecule is CCCC(C)Nc1ncc2c(=O)n(C3CCN(CCOC)CC3)cc([C@H]3CC[C@H](O)CC3)c2n1. The molecule has 3 heterocycles. The second-order valence-electron chi connectivity index (χ2n) is 10.2. The Balaban J connectivity index is 1.67. The van der Waals surface area contributed by atoms with Crippen LogP contribution in [0.1, 0.15) is 82.7 Å². The highest BCUT2D eigenvalue weighted by Gasteiger charge is 2.27. The van der Waals surface area contributed by atoms with Crippen molar-refractivity contribution in [2.45, 2.75) is 89.3 Å². The highest BCUT2D eigenvalue weighted by atomic mass is 16.5. The van der Waals surface area contributed by atoms with E-state index in [1.54, 1.807) is 13.3 Å². The Kier molecular flexibility index (Phi) is 8.55. The first-order chi connectivity index (χ1) is 16.5. The molecule has 1 saturated heterocycles. The van der Waals surface area contributed by atoms with Gasteiger partial charge in [-0.2, -0.15) is 0 Å². The van der Waals surface area contributed by atoms with Crippen molar-refractivity contribution in [1.29, 1.82) is 0 Å². The fourth-order valence-corrected chi connectivity index (χ4v) is 5.56. The summed E-state index contributed by atoms with van der Waals surface area (Å²) in [6, 6.07) is 0.463. The van der Waals surface area contributed by atoms with Crippen LogP contribution in [-0.2, 0) is 4.74 Å². The van der Waals surface area contributed by atoms with Crippen LogP contribution in [-0.4, -0.2) is 70.0 Å². The largest absolute Gasteiger partial charge is 0.393 e. The predicted octanol–water partition coefficient (Wildman–Crippen LogP) is 3.69. The van der Waals surface area contributed by atoms with Gasteiger partial charge in [0.1, 0.15) is 0 Å². The maximum absolute atomic E-state index is 13.6. The topological polar surface area (TPSA) is 92.5 Å². The van der Waals surface area contributed by atoms with Gasteiger partial charge < -0.3 is 24.6 Å². The first kappa shape index (κ1) is 25.1. The summed E-state index contributed by atoms with van der Waals surface area (Å²) in [5.41, 5.74) is 1.93. The third-order valence-corrected chi connectivity index (χ3v) is 7.60. The van der Waals surface area contributed by atoms with E-state index >= 15 is 0 Å². The van der Waals surface area contributed by atoms with Gasteiger partial charge in [-0.3, -0.25) is 4.79 Å². The molecule has 0 bridgehead atoms. The van der Waals surface area contributed by atoms with Gasteiger partial charge in [-0.1, -0.05) is 13.3 Å². The van der Waals surface area contributed by atoms with E-state index in [0.717, 1.165) is 88.7 Å². The molecule has 1 saturated carbocycles. The molecule has 8 heteroatoms. The quantitative estimate of drug-likeness (QED) is 0.576. The van der Waals surface area contributed by atoms with Crippen LogP contribution in [0.4, 0.5) is 5.95 Å². The zero-order valence-corrected chi connectivity index (χ0v) is 21.0. The van der Waals surface area contributed by atoms with Crippen LogP contribution in [0.5, 0.6) is 0 Å². The lowest BCUT2D eigenvalue weighted by atomic mass is 9.82. The molecule has 0 radical (unpaired) electrons. The molecule has 2 aromatic rings. The summed E-state index contributed by atoms with van der Waals surface area (Å²) in [7, 11) is 1.74. The molecule has 188 valence electrons. The van der Waals surface area contributed by atoms with Crippen LogP contribution < -0.4 is 10.9 Å². The Morgan fingerprint density at radius 2 is 1.94 bits per heavy atom. The maximum atomic E-state index is 13.6. The van der Waals surface area contributed by atoms with Crippen LogP contribution in [0.25, 0.3) is 10.9 Å². The molecule has 2 aliphatic rings. The number of anilines is 1. The standard InChI is InChI=1S/C26H41N5O3/c1-4-5-18(2)28-26-27-16-22-24(29-26)23(19-6-8-21(32)9-7-19)17-31(25(22)33)20-10-12-30(13-11-20)14-15-34-3/h16-21,32H,4-15H2,1-3H3,(H,27,28,29)/t18?,19-,21-. The summed E-state index contributed by atoms with van der Waals surface area (Å²) in [6.45, 7) is 7.92. The maximum Gasteiger partial charge on any atom is 0.261 e. The van der Waals surface area contributed by atoms with Gasteiger partial charge in [-0.15, -0.1) is 0 Å². The second-order valence-corrected chi connectivity index (χ2v) is 10.2. The number of rotatable bonds is 9. The van der Waals surface area contributed by atoms with E-state index in [9.17, 15) is 9.90 Å². The molecule has 0 spiro atoms. The number of ether oxygens (including phenoxy) is 1. The number of pyridine rings is 1. The van der Waals surface area contributed by atoms with Crippen LogP contribution in [0, 0.1) is 0 Å². The predicted molar refractivity (Wildman–Crippen MR) is 136 cm³/mol. The third kappa shape index (κ3) is 5.78. The molecule has 8 nitrogen and oxygen atoms in total. The van der Waals surface area contributed by atoms with Gasteiger partial charge in [-0.05, 0) is 63.4 Å². The van der Waals surface area contributed by atoms with E-state index in [0.29, 0.717) is 17.3 Å². The molecule has 4 rings (SSSR count). The van der Waals surface area contributed by atoms with Gasteiger partial charge in [0.2, 0.25) is 5.95 Å². The normalized spacial score (nSPS) is 23.3. The molecule has 34 heavy (non-hydrogen) atoms. The van der Waals surface area contributed by atoms with E-state index in [-0.39, 0.29) is 23.7 Å². The second kappa shape index (κ2) is 11.6. The average Bonchev–Trinajstić information content (AvgIpc) is 2.84. The highest BCUT2D eigenvalue weighted by molar-refractivity contribution is 5.81. The monoisotopic (exact) mass is 471 g/mol. The number of methoxy groups -OCH3 is 1. The smallest absolute Gasteiger partial charge is 0.261 e. The van der Waals surface area contributed by atoms with Crippen molar-refractivity contribution in [3.05, 3.63) is 28.3 Å². The number of aliphatic hydroxyl groups is 1. The number of hydrogen-bond acceptors (Lipinski definition) is 7. The summed E-state index contributed by atoms with van der Waals surface area (Å²) in [5.74, 6) is 0.893. The van der Waals surface area contributed by atoms with Gasteiger partial charge >= 0.3 is 0 Å². The molecule has 2 aromatic heterocycles. The fraction of sp³-hybridized carbons (Fsp3) is 0.731. The van der Waals surface area contributed by atoms with E-state index in [1.807, 2.05) is 4.57 Å². The van der Waals surface area contributed by atoms with Crippen molar-refractivity contribution >= 4 is 16.9 Å². The van der Waals surface area contributed by atoms with E-state index < -0.39 is 0 Å². The molecular weight excluding hydrogens is 430 g/mol. The van der Waals surface area contributed by atoms with Gasteiger partial charge in [0, 0.05) is 51.2 Å². The molecule has 0 amide bonds. The fourth-order valence-electron chi connectivity index (χ4n) is 5.56. The van der Waals surface area contributed by atoms with Gasteiger partial charge in [0.15, 0.2) is 0 Å². The van der Waals surface area contributed by atoms with Crippen molar-refractivity contribution in [3.63, 3.8) is 0 Å². The number of piperidine rings is 1. The molecule has 1 unspecified atom stereocenters. The molecule has 2 fully saturated rings. The van der Waals surface area contributed by atoms with Gasteiger partial charge in [0.05, 0.1) is 23.6 Å². The molecule has 1 aliphatic heterocycles. The van der Waals surface area contributed by atoms with Crippen molar-refractivity contribution < 1.29 is 9.84 Å². The Morgan fingerprint density at radius 3 is 2.62 bits per heavy atom. The molecule has 0 aromatic carbocycles. The van der Waals surface area contributed by atoms with Gasteiger partial charge in [-0.25, -0.2) is 9.97 Å². The number of nitrogens with zero attached hydrogens (tertiary/aromatic N) is 4. The minimum atomic E-state index is -0.216. The van der Waals surface area contributed by atoms with Crippen LogP contribution >= 0.6 is 0 Å². The van der Waals surface area contributed by atoms with Gasteiger partial charge in [0.25, 0.3) is 5.56 Å². The molecular formula is C26H41N5O3. The summed E-state index contributed by atoms with van der Waals surface area (Å²) >= 11 is 0. The first-order valence-electron chi connectivity index (χ1n) is 13.1. The number of hydrogen-bond donors (Lipinski definition) is 2. The van der Waals surface area contributed by atoms with Crippen LogP contribution in [0.15, 0.2) is 17.2 Å². The number of nitrogens with one attached hydrogen (secondary N) is 1. The zero-order valence-electron chi connectivity index (χ0n) is 21.0. The molecule has 1 atom stereocenters. The summed E-state index contributed by atoms with van der Waals surface area (Å²) in [4.78, 5) is 25.4. The van der Waals surface area contributed by atoms with Crippen molar-refractivity contribution in [2.24, 2.45) is 0 Å². The van der Waals surface area contributed by atoms with Crippen LogP contribution in [0.2, 0.25) is 0 Å². The lowest BCUT2D eigenvalue weighted by Crippen LogP contribution is -2.39. The number of likely N-dealkylation sites (tertiary alicyclic amines) is 1. The summed E-state index contributed by atoms with van der Waals surface area (Å²) < 4.78 is 7.19. The Morgan fingerprint density at radius 1 is 1.21 bits per heavy atom. The Labute approximate surface area is 202 Å². The van der Waals surface area contributed by atoms with E-state index in [1.165, 1.54) is 0 Å². The number of aromatic nitrogens is 3. The van der Waals surface area contributed by atoms with E-state index in [2.05, 4.69) is 35.2 Å². The average molecular weight is 472 g/mol. The van der Waals surface area contributed by atoms with Crippen LogP contribution in [0.3, 0.4) is 0 Å². The minimum Gasteiger partial charge on any atom is -0.393 e. The lowest BCUT2D eigenvalue weighted by Gasteiger charge is -2.33. The van der Waals surface area contributed by atoms with Crippen molar-refractivity contribution in [1.82, 2.24) is 19.4 Å². The Hall–Kier alpha value is -2.03. The Bertz CT molecular complexity index is 994. The number of aliphatic hydroxyl groups excluding tert-OH is 1. The van der Waals surface area contributed by atoms with Crippen molar-refractivity contribution in [2.75, 3.05) is 38.7 Å². The first-order valence-corrected chi connectivity index (χ1v) is 13.1. The number of fused-ring (bicyclic) bond motifs is 1. The summed E-state index contributed by atoms with van der Waals surface area (Å²) in [6.07, 6.45) is 11.1. The zero-order chi connectivity index (χ0) is 24.1. The lowest BCUT2D eigenvalue weighted by molar-refractivity contribution is 0.120. The third-order valence-electron chi connectivity index (χ3n) is 7.60. The van der Waals surface area contributed by atoms with E-state index in [4.69, 9.17) is 9.72 Å². The summed E-state index contributed by atoms with van der Waals surface area (Å²) in [5, 5.41) is 14.1. The minimum absolute atomic E-state index is 0.0121. The van der Waals surface area contributed by atoms with Crippen molar-refractivity contribution in [3.8, 4) is 0 Å². The highest BCUT2D eigenvalue weighted by Crippen LogP contribution is 2.36.